The lowest BCUT2D eigenvalue weighted by Crippen LogP contribution is -2.27. The van der Waals surface area contributed by atoms with Gasteiger partial charge in [-0.05, 0) is 42.0 Å². The zero-order valence-electron chi connectivity index (χ0n) is 12.8. The highest BCUT2D eigenvalue weighted by molar-refractivity contribution is 7.92. The average molecular weight is 385 g/mol. The number of benzene rings is 2. The number of rotatable bonds is 5. The van der Waals surface area contributed by atoms with Crippen LogP contribution >= 0.6 is 11.6 Å². The molecule has 25 heavy (non-hydrogen) atoms. The van der Waals surface area contributed by atoms with E-state index in [2.05, 4.69) is 0 Å². The monoisotopic (exact) mass is 384 g/mol. The number of hydrogen-bond donors (Lipinski definition) is 2. The van der Waals surface area contributed by atoms with E-state index in [1.54, 1.807) is 0 Å². The van der Waals surface area contributed by atoms with Gasteiger partial charge < -0.3 is 10.2 Å². The minimum atomic E-state index is -4.05. The van der Waals surface area contributed by atoms with E-state index in [-0.39, 0.29) is 4.90 Å². The summed E-state index contributed by atoms with van der Waals surface area (Å²) >= 11 is 5.77. The summed E-state index contributed by atoms with van der Waals surface area (Å²) in [5, 5.41) is 18.3. The molecule has 0 aliphatic heterocycles. The number of carbonyl (C=O) groups is 1. The van der Waals surface area contributed by atoms with Crippen LogP contribution in [-0.4, -0.2) is 36.5 Å². The molecule has 3 atom stereocenters. The summed E-state index contributed by atoms with van der Waals surface area (Å²) in [6.45, 7) is -0.845. The molecule has 132 valence electrons. The Labute approximate surface area is 148 Å². The molecule has 2 aromatic carbocycles. The van der Waals surface area contributed by atoms with Crippen molar-refractivity contribution in [3.8, 4) is 0 Å². The maximum atomic E-state index is 13.1. The molecule has 0 heterocycles. The topological polar surface area (TPSA) is 91.7 Å². The van der Waals surface area contributed by atoms with E-state index >= 15 is 0 Å². The Bertz CT molecular complexity index is 911. The normalized spacial score (nSPS) is 25.6. The third-order valence-electron chi connectivity index (χ3n) is 4.62. The summed E-state index contributed by atoms with van der Waals surface area (Å²) in [4.78, 5) is 11.7. The van der Waals surface area contributed by atoms with Crippen LogP contribution in [0, 0.1) is 11.2 Å². The maximum Gasteiger partial charge on any atom is 0.314 e. The van der Waals surface area contributed by atoms with Crippen molar-refractivity contribution in [1.29, 1.82) is 0 Å². The van der Waals surface area contributed by atoms with E-state index in [0.717, 1.165) is 12.1 Å². The molecule has 5 nitrogen and oxygen atoms in total. The highest BCUT2D eigenvalue weighted by Crippen LogP contribution is 2.64. The smallest absolute Gasteiger partial charge is 0.314 e. The largest absolute Gasteiger partial charge is 0.481 e. The fourth-order valence-corrected chi connectivity index (χ4v) is 5.77. The zero-order valence-corrected chi connectivity index (χ0v) is 14.3. The molecule has 1 fully saturated rings. The van der Waals surface area contributed by atoms with Crippen LogP contribution in [0.2, 0.25) is 5.02 Å². The van der Waals surface area contributed by atoms with Gasteiger partial charge in [0.1, 0.15) is 11.2 Å². The van der Waals surface area contributed by atoms with Crippen molar-refractivity contribution in [3.05, 3.63) is 64.9 Å². The second-order valence-corrected chi connectivity index (χ2v) is 8.46. The number of halogens is 2. The lowest BCUT2D eigenvalue weighted by molar-refractivity contribution is -0.145. The van der Waals surface area contributed by atoms with E-state index in [0.29, 0.717) is 10.6 Å². The molecule has 2 N–H and O–H groups in total. The van der Waals surface area contributed by atoms with Gasteiger partial charge in [0, 0.05) is 10.9 Å². The van der Waals surface area contributed by atoms with Crippen molar-refractivity contribution in [1.82, 2.24) is 0 Å². The van der Waals surface area contributed by atoms with Gasteiger partial charge in [-0.25, -0.2) is 12.8 Å². The molecule has 0 spiro atoms. The summed E-state index contributed by atoms with van der Waals surface area (Å²) in [7, 11) is -4.05. The molecule has 1 aliphatic rings. The van der Waals surface area contributed by atoms with Gasteiger partial charge in [0.15, 0.2) is 9.84 Å². The lowest BCUT2D eigenvalue weighted by atomic mass is 10.0. The molecular weight excluding hydrogens is 371 g/mol. The summed E-state index contributed by atoms with van der Waals surface area (Å²) in [5.74, 6) is -2.91. The third-order valence-corrected chi connectivity index (χ3v) is 7.16. The molecule has 2 aromatic rings. The van der Waals surface area contributed by atoms with Crippen LogP contribution in [0.1, 0.15) is 11.5 Å². The quantitative estimate of drug-likeness (QED) is 0.826. The van der Waals surface area contributed by atoms with Crippen molar-refractivity contribution >= 4 is 27.4 Å². The van der Waals surface area contributed by atoms with Gasteiger partial charge in [0.25, 0.3) is 0 Å². The maximum absolute atomic E-state index is 13.1. The van der Waals surface area contributed by atoms with E-state index in [1.165, 1.54) is 36.4 Å². The van der Waals surface area contributed by atoms with Crippen LogP contribution in [0.25, 0.3) is 0 Å². The minimum Gasteiger partial charge on any atom is -0.481 e. The molecule has 0 unspecified atom stereocenters. The van der Waals surface area contributed by atoms with Crippen LogP contribution < -0.4 is 0 Å². The Morgan fingerprint density at radius 3 is 2.16 bits per heavy atom. The number of sulfone groups is 1. The number of aliphatic hydroxyl groups excluding tert-OH is 1. The first-order valence-corrected chi connectivity index (χ1v) is 9.27. The Balaban J connectivity index is 2.10. The predicted octanol–water partition coefficient (Wildman–Crippen LogP) is 2.48. The predicted molar refractivity (Wildman–Crippen MR) is 88.7 cm³/mol. The van der Waals surface area contributed by atoms with E-state index in [1.807, 2.05) is 0 Å². The van der Waals surface area contributed by atoms with Crippen molar-refractivity contribution in [3.63, 3.8) is 0 Å². The molecule has 0 amide bonds. The van der Waals surface area contributed by atoms with Crippen molar-refractivity contribution in [2.75, 3.05) is 6.61 Å². The van der Waals surface area contributed by atoms with Crippen molar-refractivity contribution < 1.29 is 27.8 Å². The van der Waals surface area contributed by atoms with Crippen LogP contribution in [0.4, 0.5) is 4.39 Å². The van der Waals surface area contributed by atoms with Crippen molar-refractivity contribution in [2.45, 2.75) is 16.1 Å². The number of aliphatic carboxylic acids is 1. The SMILES string of the molecule is O=C(O)[C@@]1(CO)[C@H](S(=O)(=O)c2ccc(Cl)cc2)[C@@H]1c1ccc(F)cc1. The molecule has 1 saturated carbocycles. The minimum absolute atomic E-state index is 0.0782. The Morgan fingerprint density at radius 1 is 1.12 bits per heavy atom. The highest BCUT2D eigenvalue weighted by Gasteiger charge is 2.75. The molecule has 0 aromatic heterocycles. The molecule has 1 aliphatic carbocycles. The molecule has 0 radical (unpaired) electrons. The van der Waals surface area contributed by atoms with Crippen molar-refractivity contribution in [2.24, 2.45) is 5.41 Å². The Morgan fingerprint density at radius 2 is 1.68 bits per heavy atom. The average Bonchev–Trinajstić information content (AvgIpc) is 3.27. The third kappa shape index (κ3) is 2.72. The first-order valence-electron chi connectivity index (χ1n) is 7.34. The molecule has 0 saturated heterocycles. The van der Waals surface area contributed by atoms with E-state index < -0.39 is 44.8 Å². The van der Waals surface area contributed by atoms with Crippen LogP contribution in [0.5, 0.6) is 0 Å². The molecule has 0 bridgehead atoms. The van der Waals surface area contributed by atoms with Gasteiger partial charge in [-0.15, -0.1) is 0 Å². The Hall–Kier alpha value is -1.96. The van der Waals surface area contributed by atoms with Crippen LogP contribution in [0.3, 0.4) is 0 Å². The summed E-state index contributed by atoms with van der Waals surface area (Å²) in [5.41, 5.74) is -1.52. The van der Waals surface area contributed by atoms with Crippen LogP contribution in [0.15, 0.2) is 53.4 Å². The number of carboxylic acids is 1. The van der Waals surface area contributed by atoms with E-state index in [4.69, 9.17) is 11.6 Å². The van der Waals surface area contributed by atoms with Gasteiger partial charge >= 0.3 is 5.97 Å². The highest BCUT2D eigenvalue weighted by atomic mass is 35.5. The molecule has 3 rings (SSSR count). The summed E-state index contributed by atoms with van der Waals surface area (Å²) < 4.78 is 39.0. The van der Waals surface area contributed by atoms with Gasteiger partial charge in [0.2, 0.25) is 0 Å². The Kier molecular flexibility index (Phi) is 4.35. The summed E-state index contributed by atoms with van der Waals surface area (Å²) in [6, 6.07) is 10.3. The number of carboxylic acid groups (broad SMARTS) is 1. The molecule has 8 heteroatoms. The first kappa shape index (κ1) is 17.8. The number of hydrogen-bond acceptors (Lipinski definition) is 4. The molecular formula is C17H14ClFO5S. The second-order valence-electron chi connectivity index (χ2n) is 5.95. The second kappa shape index (κ2) is 6.09. The standard InChI is InChI=1S/C17H14ClFO5S/c18-11-3-7-13(8-4-11)25(23,24)15-14(17(15,9-20)16(21)22)10-1-5-12(19)6-2-10/h1-8,14-15,20H,9H2,(H,21,22)/t14-,15+,17+/m0/s1. The fraction of sp³-hybridized carbons (Fsp3) is 0.235. The van der Waals surface area contributed by atoms with E-state index in [9.17, 15) is 27.8 Å². The van der Waals surface area contributed by atoms with Crippen LogP contribution in [-0.2, 0) is 14.6 Å². The first-order chi connectivity index (χ1) is 11.7. The van der Waals surface area contributed by atoms with Gasteiger partial charge in [-0.1, -0.05) is 23.7 Å². The van der Waals surface area contributed by atoms with Gasteiger partial charge in [-0.2, -0.15) is 0 Å². The lowest BCUT2D eigenvalue weighted by Gasteiger charge is -2.09. The fourth-order valence-electron chi connectivity index (χ4n) is 3.28. The summed E-state index contributed by atoms with van der Waals surface area (Å²) in [6.07, 6.45) is 0. The van der Waals surface area contributed by atoms with Gasteiger partial charge in [-0.3, -0.25) is 4.79 Å². The van der Waals surface area contributed by atoms with Gasteiger partial charge in [0.05, 0.1) is 16.8 Å². The zero-order chi connectivity index (χ0) is 18.4. The number of aliphatic hydroxyl groups is 1.